The Bertz CT molecular complexity index is 617. The van der Waals surface area contributed by atoms with Gasteiger partial charge in [0.1, 0.15) is 0 Å². The second-order valence-corrected chi connectivity index (χ2v) is 8.12. The Balaban J connectivity index is 0.00000364. The van der Waals surface area contributed by atoms with Gasteiger partial charge in [0.2, 0.25) is 11.6 Å². The predicted octanol–water partition coefficient (Wildman–Crippen LogP) is 3.80. The number of carbonyl (C=O) groups excluding carboxylic acids is 2. The fourth-order valence-corrected chi connectivity index (χ4v) is 4.33. The highest BCUT2D eigenvalue weighted by atomic mass is 35.5. The van der Waals surface area contributed by atoms with Crippen LogP contribution in [0.25, 0.3) is 0 Å². The van der Waals surface area contributed by atoms with Crippen LogP contribution in [0.15, 0.2) is 30.3 Å². The Morgan fingerprint density at radius 3 is 2.59 bits per heavy atom. The molecule has 7 heteroatoms. The van der Waals surface area contributed by atoms with Crippen molar-refractivity contribution in [2.75, 3.05) is 12.4 Å². The lowest BCUT2D eigenvalue weighted by molar-refractivity contribution is -0.151. The average Bonchev–Trinajstić information content (AvgIpc) is 2.90. The molecule has 0 aromatic heterocycles. The molecule has 1 aliphatic rings. The molecule has 2 N–H and O–H groups in total. The van der Waals surface area contributed by atoms with E-state index in [0.717, 1.165) is 30.6 Å². The maximum atomic E-state index is 13.2. The maximum absolute atomic E-state index is 13.2. The van der Waals surface area contributed by atoms with Crippen LogP contribution in [0.4, 0.5) is 0 Å². The molecule has 0 radical (unpaired) electrons. The van der Waals surface area contributed by atoms with Gasteiger partial charge in [0, 0.05) is 17.6 Å². The van der Waals surface area contributed by atoms with Crippen LogP contribution in [0, 0.1) is 11.8 Å². The molecule has 0 aliphatic carbocycles. The van der Waals surface area contributed by atoms with Gasteiger partial charge in [0.15, 0.2) is 0 Å². The summed E-state index contributed by atoms with van der Waals surface area (Å²) >= 11 is 1.37. The van der Waals surface area contributed by atoms with E-state index < -0.39 is 11.6 Å². The molecule has 2 rings (SSSR count). The van der Waals surface area contributed by atoms with Gasteiger partial charge >= 0.3 is 5.97 Å². The molecular weight excluding hydrogens is 384 g/mol. The van der Waals surface area contributed by atoms with E-state index in [0.29, 0.717) is 6.42 Å². The minimum absolute atomic E-state index is 0. The Morgan fingerprint density at radius 1 is 1.37 bits per heavy atom. The van der Waals surface area contributed by atoms with E-state index in [4.69, 9.17) is 10.5 Å². The Labute approximate surface area is 172 Å². The molecule has 5 nitrogen and oxygen atoms in total. The van der Waals surface area contributed by atoms with Crippen molar-refractivity contribution < 1.29 is 14.3 Å². The number of esters is 1. The Hall–Kier alpha value is -1.24. The average molecular weight is 415 g/mol. The van der Waals surface area contributed by atoms with Crippen molar-refractivity contribution in [2.24, 2.45) is 17.6 Å². The molecule has 1 aliphatic heterocycles. The van der Waals surface area contributed by atoms with E-state index in [1.165, 1.54) is 16.3 Å². The van der Waals surface area contributed by atoms with Gasteiger partial charge in [0.25, 0.3) is 0 Å². The Morgan fingerprint density at radius 2 is 2.04 bits per heavy atom. The number of nitrogens with zero attached hydrogens (tertiary/aromatic N) is 1. The van der Waals surface area contributed by atoms with Crippen molar-refractivity contribution in [3.63, 3.8) is 0 Å². The first kappa shape index (κ1) is 23.8. The highest BCUT2D eigenvalue weighted by molar-refractivity contribution is 7.97. The molecule has 1 aromatic carbocycles. The molecule has 3 atom stereocenters. The highest BCUT2D eigenvalue weighted by Crippen LogP contribution is 2.35. The number of hydrogen-bond donors (Lipinski definition) is 1. The van der Waals surface area contributed by atoms with Crippen LogP contribution in [0.2, 0.25) is 0 Å². The number of hydrogen-bond acceptors (Lipinski definition) is 5. The van der Waals surface area contributed by atoms with Crippen LogP contribution in [0.3, 0.4) is 0 Å². The maximum Gasteiger partial charge on any atom is 0.348 e. The molecule has 1 aromatic rings. The van der Waals surface area contributed by atoms with Gasteiger partial charge in [-0.1, -0.05) is 63.9 Å². The topological polar surface area (TPSA) is 72.6 Å². The summed E-state index contributed by atoms with van der Waals surface area (Å²) in [6, 6.07) is 9.90. The van der Waals surface area contributed by atoms with E-state index in [1.54, 1.807) is 0 Å². The van der Waals surface area contributed by atoms with E-state index in [1.807, 2.05) is 44.2 Å². The number of nitrogens with two attached hydrogens (primary N) is 1. The van der Waals surface area contributed by atoms with Crippen molar-refractivity contribution >= 4 is 36.2 Å². The van der Waals surface area contributed by atoms with Crippen LogP contribution in [0.5, 0.6) is 0 Å². The molecular formula is C20H31ClN2O3S. The summed E-state index contributed by atoms with van der Waals surface area (Å²) in [6.07, 6.45) is 3.79. The largest absolute Gasteiger partial charge is 0.462 e. The van der Waals surface area contributed by atoms with E-state index in [9.17, 15) is 9.59 Å². The van der Waals surface area contributed by atoms with E-state index >= 15 is 0 Å². The molecule has 0 spiro atoms. The van der Waals surface area contributed by atoms with Gasteiger partial charge in [-0.2, -0.15) is 0 Å². The summed E-state index contributed by atoms with van der Waals surface area (Å²) in [7, 11) is 0. The number of halogens is 1. The minimum Gasteiger partial charge on any atom is -0.462 e. The second-order valence-electron chi connectivity index (χ2n) is 7.09. The summed E-state index contributed by atoms with van der Waals surface area (Å²) in [5.41, 5.74) is 6.15. The third-order valence-corrected chi connectivity index (χ3v) is 6.07. The van der Waals surface area contributed by atoms with Crippen LogP contribution < -0.4 is 5.73 Å². The lowest BCUT2D eigenvalue weighted by atomic mass is 9.95. The number of carbonyl (C=O) groups is 2. The zero-order valence-corrected chi connectivity index (χ0v) is 18.0. The third kappa shape index (κ3) is 5.62. The number of unbranched alkanes of at least 4 members (excludes halogenated alkanes) is 2. The van der Waals surface area contributed by atoms with Crippen molar-refractivity contribution in [1.82, 2.24) is 4.31 Å². The summed E-state index contributed by atoms with van der Waals surface area (Å²) in [5.74, 6) is -0.355. The highest BCUT2D eigenvalue weighted by Gasteiger charge is 2.54. The van der Waals surface area contributed by atoms with Crippen LogP contribution in [-0.2, 0) is 20.7 Å². The SMILES string of the molecule is CCCCCSN(C(=O)C(C)Cc1ccccc1)[C@]1(N)C(=O)OC[C@H]1C.Cl. The molecule has 1 saturated heterocycles. The van der Waals surface area contributed by atoms with Gasteiger partial charge in [0.05, 0.1) is 6.61 Å². The fraction of sp³-hybridized carbons (Fsp3) is 0.600. The molecule has 1 unspecified atom stereocenters. The lowest BCUT2D eigenvalue weighted by Crippen LogP contribution is -2.63. The van der Waals surface area contributed by atoms with Crippen molar-refractivity contribution in [1.29, 1.82) is 0 Å². The number of ether oxygens (including phenoxy) is 1. The van der Waals surface area contributed by atoms with Gasteiger partial charge in [-0.05, 0) is 30.4 Å². The van der Waals surface area contributed by atoms with Gasteiger partial charge in [-0.15, -0.1) is 12.4 Å². The van der Waals surface area contributed by atoms with Crippen LogP contribution in [0.1, 0.15) is 45.6 Å². The van der Waals surface area contributed by atoms with Crippen LogP contribution >= 0.6 is 24.4 Å². The third-order valence-electron chi connectivity index (χ3n) is 4.85. The van der Waals surface area contributed by atoms with Crippen molar-refractivity contribution in [2.45, 2.75) is 52.1 Å². The first-order valence-corrected chi connectivity index (χ1v) is 10.3. The zero-order chi connectivity index (χ0) is 19.2. The lowest BCUT2D eigenvalue weighted by Gasteiger charge is -2.37. The van der Waals surface area contributed by atoms with E-state index in [2.05, 4.69) is 6.92 Å². The summed E-state index contributed by atoms with van der Waals surface area (Å²) < 4.78 is 6.68. The zero-order valence-electron chi connectivity index (χ0n) is 16.3. The first-order chi connectivity index (χ1) is 12.4. The fourth-order valence-electron chi connectivity index (χ4n) is 3.04. The van der Waals surface area contributed by atoms with Gasteiger partial charge in [-0.3, -0.25) is 14.8 Å². The standard InChI is InChI=1S/C20H30N2O3S.ClH/c1-4-5-9-12-26-22(20(21)16(3)14-25-19(20)24)18(23)15(2)13-17-10-7-6-8-11-17;/h6-8,10-11,15-16H,4-5,9,12-14,21H2,1-3H3;1H/t15?,16-,20+;/m1./s1. The van der Waals surface area contributed by atoms with Crippen molar-refractivity contribution in [3.8, 4) is 0 Å². The second kappa shape index (κ2) is 10.9. The summed E-state index contributed by atoms with van der Waals surface area (Å²) in [4.78, 5) is 25.6. The molecule has 1 heterocycles. The number of amides is 1. The monoisotopic (exact) mass is 414 g/mol. The van der Waals surface area contributed by atoms with Gasteiger partial charge in [-0.25, -0.2) is 4.79 Å². The summed E-state index contributed by atoms with van der Waals surface area (Å²) in [5, 5.41) is 0. The van der Waals surface area contributed by atoms with Gasteiger partial charge < -0.3 is 4.74 Å². The summed E-state index contributed by atoms with van der Waals surface area (Å²) in [6.45, 7) is 6.14. The molecule has 1 amide bonds. The van der Waals surface area contributed by atoms with Crippen molar-refractivity contribution in [3.05, 3.63) is 35.9 Å². The molecule has 0 bridgehead atoms. The normalized spacial score (nSPS) is 22.7. The molecule has 1 fully saturated rings. The molecule has 152 valence electrons. The van der Waals surface area contributed by atoms with E-state index in [-0.39, 0.29) is 36.8 Å². The number of cyclic esters (lactones) is 1. The first-order valence-electron chi connectivity index (χ1n) is 9.38. The molecule has 0 saturated carbocycles. The Kier molecular flexibility index (Phi) is 9.63. The quantitative estimate of drug-likeness (QED) is 0.288. The minimum atomic E-state index is -1.39. The number of benzene rings is 1. The predicted molar refractivity (Wildman–Crippen MR) is 112 cm³/mol. The van der Waals surface area contributed by atoms with Crippen LogP contribution in [-0.4, -0.2) is 34.2 Å². The molecule has 27 heavy (non-hydrogen) atoms. The number of rotatable bonds is 9. The smallest absolute Gasteiger partial charge is 0.348 e.